The van der Waals surface area contributed by atoms with Gasteiger partial charge in [0.25, 0.3) is 0 Å². The molecule has 0 saturated heterocycles. The summed E-state index contributed by atoms with van der Waals surface area (Å²) < 4.78 is 38.5. The number of aryl methyl sites for hydroxylation is 1. The Morgan fingerprint density at radius 2 is 1.19 bits per heavy atom. The zero-order chi connectivity index (χ0) is 48.6. The van der Waals surface area contributed by atoms with Crippen molar-refractivity contribution in [3.8, 4) is 67.5 Å². The third-order valence-electron chi connectivity index (χ3n) is 12.3. The number of aromatic hydroxyl groups is 1. The van der Waals surface area contributed by atoms with Crippen LogP contribution in [0.4, 0.5) is 0 Å². The summed E-state index contributed by atoms with van der Waals surface area (Å²) in [6.45, 7) is 23.4. The Balaban J connectivity index is 1.40. The Bertz CT molecular complexity index is 3120. The van der Waals surface area contributed by atoms with Crippen molar-refractivity contribution in [2.24, 2.45) is 0 Å². The van der Waals surface area contributed by atoms with E-state index < -0.39 is 23.6 Å². The summed E-state index contributed by atoms with van der Waals surface area (Å²) in [5.41, 5.74) is 15.4. The highest BCUT2D eigenvalue weighted by atomic mass is 16.3. The summed E-state index contributed by atoms with van der Waals surface area (Å²) in [7, 11) is 0. The lowest BCUT2D eigenvalue weighted by Gasteiger charge is -2.22. The zero-order valence-corrected chi connectivity index (χ0v) is 39.0. The van der Waals surface area contributed by atoms with E-state index in [9.17, 15) is 5.11 Å². The number of imidazole rings is 1. The van der Waals surface area contributed by atoms with E-state index >= 15 is 0 Å². The molecule has 8 rings (SSSR count). The third-order valence-corrected chi connectivity index (χ3v) is 12.3. The Morgan fingerprint density at radius 3 is 1.81 bits per heavy atom. The maximum Gasteiger partial charge on any atom is 0.149 e. The molecule has 2 heterocycles. The Labute approximate surface area is 381 Å². The molecule has 0 amide bonds. The van der Waals surface area contributed by atoms with E-state index in [4.69, 9.17) is 15.5 Å². The average Bonchev–Trinajstić information content (AvgIpc) is 3.64. The first-order valence-corrected chi connectivity index (χ1v) is 22.0. The molecule has 0 aliphatic heterocycles. The Hall–Kier alpha value is -6.26. The van der Waals surface area contributed by atoms with Crippen molar-refractivity contribution in [3.63, 3.8) is 0 Å². The number of phenols is 1. The first-order chi connectivity index (χ1) is 31.2. The van der Waals surface area contributed by atoms with Crippen molar-refractivity contribution >= 4 is 11.0 Å². The maximum atomic E-state index is 12.3. The van der Waals surface area contributed by atoms with Crippen LogP contribution < -0.4 is 0 Å². The summed E-state index contributed by atoms with van der Waals surface area (Å²) in [4.78, 5) is 10.4. The van der Waals surface area contributed by atoms with Crippen molar-refractivity contribution in [1.29, 1.82) is 0 Å². The SMILES string of the molecule is [2H]C(C)(C)c1cc(-c2nc3c(-c4cc(-c5cc(-c6ccc(C)cc6)ccn5)cc(C(C)(C)C)c4)cccc3n2-c2ccc(-c3c(C([2H])(C)C)cccc3C([2H])(C)C)cc2)c(O)c(C([2H])(C)C)c1. The predicted molar refractivity (Wildman–Crippen MR) is 268 cm³/mol. The number of pyridine rings is 1. The molecule has 320 valence electrons. The maximum absolute atomic E-state index is 12.3. The van der Waals surface area contributed by atoms with Gasteiger partial charge >= 0.3 is 0 Å². The molecule has 8 aromatic rings. The van der Waals surface area contributed by atoms with Crippen LogP contribution in [-0.2, 0) is 5.41 Å². The van der Waals surface area contributed by atoms with Crippen LogP contribution in [0.3, 0.4) is 0 Å². The first-order valence-electron chi connectivity index (χ1n) is 24.0. The molecule has 0 atom stereocenters. The molecule has 0 radical (unpaired) electrons. The lowest BCUT2D eigenvalue weighted by Crippen LogP contribution is -2.11. The monoisotopic (exact) mass is 834 g/mol. The number of phenolic OH excluding ortho intramolecular Hbond substituents is 1. The van der Waals surface area contributed by atoms with Crippen LogP contribution in [0.15, 0.2) is 134 Å². The number of nitrogens with zero attached hydrogens (tertiary/aromatic N) is 3. The van der Waals surface area contributed by atoms with Gasteiger partial charge in [-0.25, -0.2) is 4.98 Å². The fourth-order valence-electron chi connectivity index (χ4n) is 8.60. The van der Waals surface area contributed by atoms with Gasteiger partial charge in [-0.05, 0) is 140 Å². The molecule has 1 N–H and O–H groups in total. The van der Waals surface area contributed by atoms with Crippen LogP contribution in [0.5, 0.6) is 5.75 Å². The standard InChI is InChI=1S/C59H63N3O/c1-35(2)43-32-51(38(7)8)57(63)52(33-43)58-61-56-50(44-29-45(31-46(30-44)59(10,11)12)53-34-42(27-28-60-53)40-21-19-39(9)20-22-40)17-14-18-54(56)62(58)47-25-23-41(24-26-47)55-48(36(3)4)15-13-16-49(55)37(5)6/h13-38,63H,1-12H3/i35D,36D,37D,38D. The predicted octanol–water partition coefficient (Wildman–Crippen LogP) is 16.6. The smallest absolute Gasteiger partial charge is 0.149 e. The van der Waals surface area contributed by atoms with Crippen LogP contribution in [-0.4, -0.2) is 19.6 Å². The topological polar surface area (TPSA) is 50.9 Å². The molecule has 6 aromatic carbocycles. The van der Waals surface area contributed by atoms with Crippen LogP contribution in [0.1, 0.15) is 139 Å². The van der Waals surface area contributed by atoms with Crippen molar-refractivity contribution in [3.05, 3.63) is 167 Å². The lowest BCUT2D eigenvalue weighted by molar-refractivity contribution is 0.466. The normalized spacial score (nSPS) is 13.7. The summed E-state index contributed by atoms with van der Waals surface area (Å²) >= 11 is 0. The van der Waals surface area contributed by atoms with Gasteiger partial charge in [-0.2, -0.15) is 0 Å². The molecule has 4 nitrogen and oxygen atoms in total. The van der Waals surface area contributed by atoms with E-state index in [0.717, 1.165) is 78.0 Å². The van der Waals surface area contributed by atoms with Crippen molar-refractivity contribution in [1.82, 2.24) is 14.5 Å². The minimum atomic E-state index is -1.18. The summed E-state index contributed by atoms with van der Waals surface area (Å²) in [5.74, 6) is -3.62. The van der Waals surface area contributed by atoms with Crippen LogP contribution in [0, 0.1) is 6.92 Å². The fourth-order valence-corrected chi connectivity index (χ4v) is 8.60. The number of para-hydroxylation sites is 1. The van der Waals surface area contributed by atoms with Gasteiger partial charge in [-0.15, -0.1) is 0 Å². The van der Waals surface area contributed by atoms with Crippen molar-refractivity contribution < 1.29 is 10.6 Å². The van der Waals surface area contributed by atoms with Crippen molar-refractivity contribution in [2.75, 3.05) is 0 Å². The van der Waals surface area contributed by atoms with Gasteiger partial charge in [-0.1, -0.05) is 161 Å². The third kappa shape index (κ3) is 8.48. The number of hydrogen-bond acceptors (Lipinski definition) is 3. The average molecular weight is 834 g/mol. The summed E-state index contributed by atoms with van der Waals surface area (Å²) in [6, 6.07) is 43.3. The molecule has 2 aromatic heterocycles. The second kappa shape index (κ2) is 17.1. The molecule has 0 spiro atoms. The molecule has 0 bridgehead atoms. The quantitative estimate of drug-likeness (QED) is 0.149. The van der Waals surface area contributed by atoms with Crippen LogP contribution in [0.2, 0.25) is 0 Å². The van der Waals surface area contributed by atoms with Gasteiger partial charge in [0, 0.05) is 28.5 Å². The second-order valence-electron chi connectivity index (χ2n) is 19.0. The van der Waals surface area contributed by atoms with Gasteiger partial charge in [0.1, 0.15) is 11.6 Å². The van der Waals surface area contributed by atoms with Crippen LogP contribution >= 0.6 is 0 Å². The van der Waals surface area contributed by atoms with E-state index in [0.29, 0.717) is 22.5 Å². The summed E-state index contributed by atoms with van der Waals surface area (Å²) in [6.07, 6.45) is 1.88. The molecule has 0 aliphatic rings. The number of rotatable bonds is 10. The van der Waals surface area contributed by atoms with E-state index in [1.165, 1.54) is 5.56 Å². The van der Waals surface area contributed by atoms with Crippen LogP contribution in [0.25, 0.3) is 72.7 Å². The molecule has 63 heavy (non-hydrogen) atoms. The molecule has 0 fully saturated rings. The van der Waals surface area contributed by atoms with E-state index in [2.05, 4.69) is 86.9 Å². The van der Waals surface area contributed by atoms with Crippen molar-refractivity contribution in [2.45, 2.75) is 112 Å². The number of aromatic nitrogens is 3. The van der Waals surface area contributed by atoms with E-state index in [1.54, 1.807) is 19.9 Å². The number of hydrogen-bond donors (Lipinski definition) is 1. The molecule has 0 saturated carbocycles. The second-order valence-corrected chi connectivity index (χ2v) is 19.0. The van der Waals surface area contributed by atoms with Gasteiger partial charge < -0.3 is 5.11 Å². The minimum Gasteiger partial charge on any atom is -0.507 e. The lowest BCUT2D eigenvalue weighted by atomic mass is 9.83. The number of benzene rings is 6. The molecule has 0 aliphatic carbocycles. The molecule has 0 unspecified atom stereocenters. The van der Waals surface area contributed by atoms with E-state index in [1.807, 2.05) is 114 Å². The zero-order valence-electron chi connectivity index (χ0n) is 43.0. The first kappa shape index (κ1) is 38.4. The highest BCUT2D eigenvalue weighted by Gasteiger charge is 2.25. The number of fused-ring (bicyclic) bond motifs is 1. The molecular formula is C59H63N3O. The Kier molecular flexibility index (Phi) is 10.4. The molecule has 4 heteroatoms. The minimum absolute atomic E-state index is 0.0480. The highest BCUT2D eigenvalue weighted by Crippen LogP contribution is 2.44. The Morgan fingerprint density at radius 1 is 0.571 bits per heavy atom. The summed E-state index contributed by atoms with van der Waals surface area (Å²) in [5, 5.41) is 12.3. The fraction of sp³-hybridized carbons (Fsp3) is 0.288. The van der Waals surface area contributed by atoms with Gasteiger partial charge in [0.05, 0.1) is 22.3 Å². The highest BCUT2D eigenvalue weighted by molar-refractivity contribution is 5.97. The van der Waals surface area contributed by atoms with Gasteiger partial charge in [0.2, 0.25) is 0 Å². The van der Waals surface area contributed by atoms with Gasteiger partial charge in [-0.3, -0.25) is 9.55 Å². The van der Waals surface area contributed by atoms with E-state index in [-0.39, 0.29) is 11.2 Å². The molecular weight excluding hydrogens is 767 g/mol. The largest absolute Gasteiger partial charge is 0.507 e. The van der Waals surface area contributed by atoms with Gasteiger partial charge in [0.15, 0.2) is 0 Å².